The van der Waals surface area contributed by atoms with Gasteiger partial charge in [0.05, 0.1) is 35.6 Å². The molecule has 0 saturated heterocycles. The summed E-state index contributed by atoms with van der Waals surface area (Å²) in [5, 5.41) is 21.1. The lowest BCUT2D eigenvalue weighted by Gasteiger charge is -2.48. The number of nitriles is 1. The molecule has 4 atom stereocenters. The normalized spacial score (nSPS) is 24.4. The number of aryl methyl sites for hydroxylation is 1. The Morgan fingerprint density at radius 2 is 2.09 bits per heavy atom. The van der Waals surface area contributed by atoms with Crippen molar-refractivity contribution in [3.05, 3.63) is 70.3 Å². The van der Waals surface area contributed by atoms with E-state index in [1.807, 2.05) is 25.1 Å². The Morgan fingerprint density at radius 1 is 1.30 bits per heavy atom. The molecule has 2 aromatic carbocycles. The SMILES string of the molecule is CC/C=C/[C@](O)(CC#N)[C@@H]1CC[C@H]1CN1C[C@@]2(CCCc3cc(Cl)ccc32)COc2ccc(C(=O)NS(=O)(=O)C(C)C)cc21. The number of amides is 1. The molecule has 0 bridgehead atoms. The van der Waals surface area contributed by atoms with E-state index >= 15 is 0 Å². The smallest absolute Gasteiger partial charge is 0.264 e. The topological polar surface area (TPSA) is 120 Å². The van der Waals surface area contributed by atoms with Crippen LogP contribution in [0.2, 0.25) is 5.02 Å². The Labute approximate surface area is 266 Å². The number of nitrogens with one attached hydrogen (secondary N) is 1. The van der Waals surface area contributed by atoms with Crippen LogP contribution in [0.3, 0.4) is 0 Å². The summed E-state index contributed by atoms with van der Waals surface area (Å²) in [6, 6.07) is 13.3. The number of rotatable bonds is 9. The van der Waals surface area contributed by atoms with Gasteiger partial charge >= 0.3 is 0 Å². The van der Waals surface area contributed by atoms with Crippen molar-refractivity contribution >= 4 is 33.2 Å². The number of anilines is 1. The predicted molar refractivity (Wildman–Crippen MR) is 173 cm³/mol. The number of aliphatic hydroxyl groups is 1. The quantitative estimate of drug-likeness (QED) is 0.327. The monoisotopic (exact) mass is 639 g/mol. The Hall–Kier alpha value is -3.06. The molecule has 2 aliphatic carbocycles. The molecule has 1 aliphatic heterocycles. The summed E-state index contributed by atoms with van der Waals surface area (Å²) < 4.78 is 33.7. The molecule has 8 nitrogen and oxygen atoms in total. The van der Waals surface area contributed by atoms with Crippen molar-refractivity contribution in [2.75, 3.05) is 24.6 Å². The molecule has 10 heteroatoms. The first-order valence-electron chi connectivity index (χ1n) is 15.5. The van der Waals surface area contributed by atoms with Gasteiger partial charge in [-0.15, -0.1) is 0 Å². The number of hydrogen-bond acceptors (Lipinski definition) is 7. The van der Waals surface area contributed by atoms with E-state index in [4.69, 9.17) is 16.3 Å². The summed E-state index contributed by atoms with van der Waals surface area (Å²) in [4.78, 5) is 15.4. The number of benzene rings is 2. The minimum Gasteiger partial charge on any atom is -0.490 e. The van der Waals surface area contributed by atoms with Gasteiger partial charge in [0.2, 0.25) is 10.0 Å². The summed E-state index contributed by atoms with van der Waals surface area (Å²) in [6.07, 6.45) is 9.07. The van der Waals surface area contributed by atoms with Crippen molar-refractivity contribution in [2.45, 2.75) is 82.0 Å². The second-order valence-corrected chi connectivity index (χ2v) is 15.6. The maximum atomic E-state index is 13.1. The lowest BCUT2D eigenvalue weighted by molar-refractivity contribution is -0.0417. The third-order valence-corrected chi connectivity index (χ3v) is 11.6. The van der Waals surface area contributed by atoms with Crippen LogP contribution in [0.4, 0.5) is 5.69 Å². The van der Waals surface area contributed by atoms with Crippen molar-refractivity contribution in [1.82, 2.24) is 4.72 Å². The molecule has 0 radical (unpaired) electrons. The molecular weight excluding hydrogens is 598 g/mol. The van der Waals surface area contributed by atoms with Gasteiger partial charge in [0, 0.05) is 29.1 Å². The zero-order chi connectivity index (χ0) is 31.7. The van der Waals surface area contributed by atoms with Crippen molar-refractivity contribution in [2.24, 2.45) is 11.8 Å². The molecule has 1 saturated carbocycles. The van der Waals surface area contributed by atoms with Crippen molar-refractivity contribution in [3.63, 3.8) is 0 Å². The van der Waals surface area contributed by atoms with Gasteiger partial charge in [-0.2, -0.15) is 5.26 Å². The van der Waals surface area contributed by atoms with E-state index in [9.17, 15) is 23.6 Å². The highest BCUT2D eigenvalue weighted by Crippen LogP contribution is 2.48. The van der Waals surface area contributed by atoms with Crippen molar-refractivity contribution in [3.8, 4) is 11.8 Å². The Morgan fingerprint density at radius 3 is 2.77 bits per heavy atom. The van der Waals surface area contributed by atoms with E-state index in [1.165, 1.54) is 25.0 Å². The standard InChI is InChI=1S/C34H42ClN3O5S/c1-4-5-15-34(40,16-17-36)29-11-8-26(29)20-38-21-33(14-6-7-24-18-27(35)10-12-28(24)33)22-43-31-13-9-25(19-30(31)38)32(39)37-44(41,42)23(2)3/h5,9-10,12-13,15,18-19,23,26,29,40H,4,6-8,11,14,16,20-22H2,1-3H3,(H,37,39)/b15-5+/t26-,29+,33-,34-/m0/s1. The van der Waals surface area contributed by atoms with Crippen LogP contribution >= 0.6 is 11.6 Å². The summed E-state index contributed by atoms with van der Waals surface area (Å²) in [6.45, 7) is 6.71. The van der Waals surface area contributed by atoms with Crippen LogP contribution in [-0.4, -0.2) is 50.0 Å². The van der Waals surface area contributed by atoms with E-state index in [1.54, 1.807) is 24.3 Å². The number of carbonyl (C=O) groups is 1. The van der Waals surface area contributed by atoms with Gasteiger partial charge in [0.25, 0.3) is 5.91 Å². The summed E-state index contributed by atoms with van der Waals surface area (Å²) in [7, 11) is -3.81. The van der Waals surface area contributed by atoms with Crippen molar-refractivity contribution in [1.29, 1.82) is 5.26 Å². The number of fused-ring (bicyclic) bond motifs is 3. The number of allylic oxidation sites excluding steroid dienone is 1. The van der Waals surface area contributed by atoms with Gasteiger partial charge in [-0.3, -0.25) is 4.79 Å². The first kappa shape index (κ1) is 32.3. The Kier molecular flexibility index (Phi) is 9.36. The molecule has 44 heavy (non-hydrogen) atoms. The number of halogens is 1. The molecule has 1 spiro atoms. The van der Waals surface area contributed by atoms with Crippen LogP contribution in [0, 0.1) is 23.2 Å². The van der Waals surface area contributed by atoms with Gasteiger partial charge in [-0.05, 0) is 106 Å². The molecule has 2 N–H and O–H groups in total. The minimum absolute atomic E-state index is 0.0249. The number of hydrogen-bond donors (Lipinski definition) is 2. The third kappa shape index (κ3) is 6.35. The molecule has 1 amide bonds. The number of sulfonamides is 1. The van der Waals surface area contributed by atoms with Crippen LogP contribution in [0.25, 0.3) is 0 Å². The summed E-state index contributed by atoms with van der Waals surface area (Å²) >= 11 is 6.39. The molecule has 1 heterocycles. The zero-order valence-electron chi connectivity index (χ0n) is 25.7. The van der Waals surface area contributed by atoms with Gasteiger partial charge in [-0.1, -0.05) is 36.7 Å². The molecule has 3 aliphatic rings. The van der Waals surface area contributed by atoms with E-state index in [2.05, 4.69) is 21.8 Å². The van der Waals surface area contributed by atoms with Gasteiger partial charge < -0.3 is 14.7 Å². The largest absolute Gasteiger partial charge is 0.490 e. The van der Waals surface area contributed by atoms with E-state index in [0.29, 0.717) is 30.5 Å². The molecule has 1 fully saturated rings. The zero-order valence-corrected chi connectivity index (χ0v) is 27.3. The van der Waals surface area contributed by atoms with Crippen molar-refractivity contribution < 1.29 is 23.1 Å². The van der Waals surface area contributed by atoms with Crippen LogP contribution in [0.15, 0.2) is 48.6 Å². The van der Waals surface area contributed by atoms with Crippen LogP contribution < -0.4 is 14.4 Å². The fraction of sp³-hybridized carbons (Fsp3) is 0.529. The highest BCUT2D eigenvalue weighted by molar-refractivity contribution is 7.90. The minimum atomic E-state index is -3.81. The number of ether oxygens (including phenoxy) is 1. The maximum absolute atomic E-state index is 13.1. The Bertz CT molecular complexity index is 1590. The fourth-order valence-corrected chi connectivity index (χ4v) is 7.86. The first-order chi connectivity index (χ1) is 20.9. The molecule has 5 rings (SSSR count). The number of nitrogens with zero attached hydrogens (tertiary/aromatic N) is 2. The molecule has 236 valence electrons. The fourth-order valence-electron chi connectivity index (χ4n) is 7.05. The Balaban J connectivity index is 1.54. The summed E-state index contributed by atoms with van der Waals surface area (Å²) in [5.41, 5.74) is 1.83. The van der Waals surface area contributed by atoms with E-state index < -0.39 is 26.8 Å². The third-order valence-electron chi connectivity index (χ3n) is 9.67. The lowest BCUT2D eigenvalue weighted by atomic mass is 9.63. The van der Waals surface area contributed by atoms with Gasteiger partial charge in [-0.25, -0.2) is 13.1 Å². The highest BCUT2D eigenvalue weighted by Gasteiger charge is 2.48. The predicted octanol–water partition coefficient (Wildman–Crippen LogP) is 5.92. The van der Waals surface area contributed by atoms with Crippen LogP contribution in [0.1, 0.15) is 80.8 Å². The highest BCUT2D eigenvalue weighted by atomic mass is 35.5. The average molecular weight is 640 g/mol. The summed E-state index contributed by atoms with van der Waals surface area (Å²) in [5.74, 6) is -0.0495. The van der Waals surface area contributed by atoms with Gasteiger partial charge in [0.1, 0.15) is 5.75 Å². The average Bonchev–Trinajstić information content (AvgIpc) is 3.11. The van der Waals surface area contributed by atoms with E-state index in [-0.39, 0.29) is 29.2 Å². The molecular formula is C34H42ClN3O5S. The first-order valence-corrected chi connectivity index (χ1v) is 17.5. The second kappa shape index (κ2) is 12.7. The van der Waals surface area contributed by atoms with Gasteiger partial charge in [0.15, 0.2) is 0 Å². The second-order valence-electron chi connectivity index (χ2n) is 12.9. The van der Waals surface area contributed by atoms with Crippen LogP contribution in [-0.2, 0) is 21.9 Å². The van der Waals surface area contributed by atoms with Crippen LogP contribution in [0.5, 0.6) is 5.75 Å². The maximum Gasteiger partial charge on any atom is 0.264 e. The van der Waals surface area contributed by atoms with E-state index in [0.717, 1.165) is 44.2 Å². The molecule has 0 aromatic heterocycles. The molecule has 2 aromatic rings. The molecule has 0 unspecified atom stereocenters. The lowest BCUT2D eigenvalue weighted by Crippen LogP contribution is -2.52. The number of carbonyl (C=O) groups excluding carboxylic acids is 1.